The van der Waals surface area contributed by atoms with Gasteiger partial charge in [-0.3, -0.25) is 0 Å². The molecule has 14 heavy (non-hydrogen) atoms. The molecule has 0 radical (unpaired) electrons. The van der Waals surface area contributed by atoms with E-state index in [4.69, 9.17) is 10.2 Å². The first-order valence-corrected chi connectivity index (χ1v) is 3.77. The van der Waals surface area contributed by atoms with Gasteiger partial charge in [-0.25, -0.2) is 9.18 Å². The Balaban J connectivity index is 3.13. The van der Waals surface area contributed by atoms with Crippen LogP contribution in [0.2, 0.25) is 0 Å². The van der Waals surface area contributed by atoms with Crippen molar-refractivity contribution < 1.29 is 19.4 Å². The second-order valence-electron chi connectivity index (χ2n) is 2.49. The summed E-state index contributed by atoms with van der Waals surface area (Å²) in [6.45, 7) is -0.348. The average Bonchev–Trinajstić information content (AvgIpc) is 2.14. The van der Waals surface area contributed by atoms with Gasteiger partial charge in [0.2, 0.25) is 0 Å². The van der Waals surface area contributed by atoms with Gasteiger partial charge in [-0.1, -0.05) is 11.8 Å². The van der Waals surface area contributed by atoms with Gasteiger partial charge in [0.1, 0.15) is 12.4 Å². The maximum absolute atomic E-state index is 12.8. The molecule has 0 heterocycles. The molecule has 1 aromatic rings. The van der Waals surface area contributed by atoms with Crippen molar-refractivity contribution in [1.82, 2.24) is 0 Å². The Kier molecular flexibility index (Phi) is 3.21. The minimum Gasteiger partial charge on any atom is -0.478 e. The van der Waals surface area contributed by atoms with Gasteiger partial charge >= 0.3 is 5.97 Å². The van der Waals surface area contributed by atoms with Gasteiger partial charge in [-0.2, -0.15) is 0 Å². The third kappa shape index (κ3) is 2.57. The summed E-state index contributed by atoms with van der Waals surface area (Å²) in [5.74, 6) is 2.86. The summed E-state index contributed by atoms with van der Waals surface area (Å²) in [6, 6.07) is 3.26. The zero-order valence-corrected chi connectivity index (χ0v) is 7.12. The molecule has 72 valence electrons. The Hall–Kier alpha value is -1.86. The van der Waals surface area contributed by atoms with Crippen LogP contribution in [0.3, 0.4) is 0 Å². The van der Waals surface area contributed by atoms with Gasteiger partial charge in [0.25, 0.3) is 0 Å². The van der Waals surface area contributed by atoms with Gasteiger partial charge in [0.05, 0.1) is 5.56 Å². The molecular weight excluding hydrogens is 187 g/mol. The second-order valence-corrected chi connectivity index (χ2v) is 2.49. The normalized spacial score (nSPS) is 9.00. The number of aliphatic hydroxyl groups excluding tert-OH is 1. The maximum atomic E-state index is 12.8. The fourth-order valence-corrected chi connectivity index (χ4v) is 0.927. The van der Waals surface area contributed by atoms with Crippen molar-refractivity contribution >= 4 is 5.97 Å². The highest BCUT2D eigenvalue weighted by atomic mass is 19.1. The Morgan fingerprint density at radius 2 is 2.14 bits per heavy atom. The van der Waals surface area contributed by atoms with Crippen molar-refractivity contribution in [2.24, 2.45) is 0 Å². The number of hydrogen-bond acceptors (Lipinski definition) is 2. The van der Waals surface area contributed by atoms with Crippen LogP contribution in [-0.4, -0.2) is 22.8 Å². The van der Waals surface area contributed by atoms with Crippen molar-refractivity contribution in [3.63, 3.8) is 0 Å². The molecule has 0 atom stereocenters. The summed E-state index contributed by atoms with van der Waals surface area (Å²) in [5.41, 5.74) is 0.0729. The number of halogens is 1. The first kappa shape index (κ1) is 10.2. The lowest BCUT2D eigenvalue weighted by Gasteiger charge is -1.96. The number of benzene rings is 1. The molecule has 1 aromatic carbocycles. The number of aromatic carboxylic acids is 1. The lowest BCUT2D eigenvalue weighted by atomic mass is 10.1. The third-order valence-corrected chi connectivity index (χ3v) is 1.46. The quantitative estimate of drug-likeness (QED) is 0.652. The molecule has 4 heteroatoms. The van der Waals surface area contributed by atoms with Crippen LogP contribution in [0.1, 0.15) is 15.9 Å². The standard InChI is InChI=1S/C10H7FO3/c11-9-5-7(2-1-3-12)4-8(6-9)10(13)14/h4-6,12H,3H2,(H,13,14). The summed E-state index contributed by atoms with van der Waals surface area (Å²) in [6.07, 6.45) is 0. The maximum Gasteiger partial charge on any atom is 0.335 e. The molecule has 0 bridgehead atoms. The van der Waals surface area contributed by atoms with Gasteiger partial charge in [0, 0.05) is 5.56 Å². The highest BCUT2D eigenvalue weighted by Gasteiger charge is 2.05. The molecule has 0 spiro atoms. The zero-order valence-electron chi connectivity index (χ0n) is 7.12. The van der Waals surface area contributed by atoms with Crippen LogP contribution in [-0.2, 0) is 0 Å². The van der Waals surface area contributed by atoms with E-state index in [-0.39, 0.29) is 17.7 Å². The summed E-state index contributed by atoms with van der Waals surface area (Å²) >= 11 is 0. The van der Waals surface area contributed by atoms with Crippen LogP contribution in [0.15, 0.2) is 18.2 Å². The highest BCUT2D eigenvalue weighted by molar-refractivity contribution is 5.88. The number of rotatable bonds is 1. The van der Waals surface area contributed by atoms with Crippen molar-refractivity contribution in [2.75, 3.05) is 6.61 Å². The summed E-state index contributed by atoms with van der Waals surface area (Å²) in [5, 5.41) is 17.0. The predicted octanol–water partition coefficient (Wildman–Crippen LogP) is 0.868. The minimum absolute atomic E-state index is 0.160. The summed E-state index contributed by atoms with van der Waals surface area (Å²) in [4.78, 5) is 10.5. The van der Waals surface area contributed by atoms with Crippen LogP contribution in [0.5, 0.6) is 0 Å². The van der Waals surface area contributed by atoms with E-state index in [0.717, 1.165) is 12.1 Å². The van der Waals surface area contributed by atoms with Crippen LogP contribution >= 0.6 is 0 Å². The summed E-state index contributed by atoms with van der Waals surface area (Å²) in [7, 11) is 0. The van der Waals surface area contributed by atoms with Crippen molar-refractivity contribution in [2.45, 2.75) is 0 Å². The topological polar surface area (TPSA) is 57.5 Å². The fourth-order valence-electron chi connectivity index (χ4n) is 0.927. The van der Waals surface area contributed by atoms with E-state index in [1.807, 2.05) is 0 Å². The minimum atomic E-state index is -1.21. The molecule has 0 fully saturated rings. The van der Waals surface area contributed by atoms with E-state index in [0.29, 0.717) is 0 Å². The first-order valence-electron chi connectivity index (χ1n) is 3.77. The molecule has 0 aliphatic heterocycles. The molecule has 0 amide bonds. The Bertz CT molecular complexity index is 415. The molecule has 0 aliphatic carbocycles. The smallest absolute Gasteiger partial charge is 0.335 e. The largest absolute Gasteiger partial charge is 0.478 e. The monoisotopic (exact) mass is 194 g/mol. The Labute approximate surface area is 79.8 Å². The van der Waals surface area contributed by atoms with E-state index in [1.54, 1.807) is 0 Å². The molecule has 0 saturated heterocycles. The predicted molar refractivity (Wildman–Crippen MR) is 47.3 cm³/mol. The van der Waals surface area contributed by atoms with Gasteiger partial charge in [0.15, 0.2) is 0 Å². The lowest BCUT2D eigenvalue weighted by molar-refractivity contribution is 0.0696. The molecular formula is C10H7FO3. The molecule has 0 aromatic heterocycles. The first-order chi connectivity index (χ1) is 6.63. The average molecular weight is 194 g/mol. The van der Waals surface area contributed by atoms with Crippen molar-refractivity contribution in [3.8, 4) is 11.8 Å². The van der Waals surface area contributed by atoms with E-state index in [1.165, 1.54) is 6.07 Å². The molecule has 0 saturated carbocycles. The zero-order chi connectivity index (χ0) is 10.6. The third-order valence-electron chi connectivity index (χ3n) is 1.46. The number of carboxylic acids is 1. The number of hydrogen-bond donors (Lipinski definition) is 2. The molecule has 3 nitrogen and oxygen atoms in total. The SMILES string of the molecule is O=C(O)c1cc(F)cc(C#CCO)c1. The molecule has 2 N–H and O–H groups in total. The van der Waals surface area contributed by atoms with Crippen LogP contribution in [0, 0.1) is 17.7 Å². The van der Waals surface area contributed by atoms with E-state index in [9.17, 15) is 9.18 Å². The van der Waals surface area contributed by atoms with Crippen LogP contribution < -0.4 is 0 Å². The van der Waals surface area contributed by atoms with E-state index in [2.05, 4.69) is 11.8 Å². The van der Waals surface area contributed by atoms with Gasteiger partial charge in [-0.15, -0.1) is 0 Å². The molecule has 0 unspecified atom stereocenters. The van der Waals surface area contributed by atoms with Crippen molar-refractivity contribution in [3.05, 3.63) is 35.1 Å². The molecule has 0 aliphatic rings. The Morgan fingerprint density at radius 1 is 1.43 bits per heavy atom. The van der Waals surface area contributed by atoms with E-state index >= 15 is 0 Å². The van der Waals surface area contributed by atoms with Crippen LogP contribution in [0.4, 0.5) is 4.39 Å². The lowest BCUT2D eigenvalue weighted by Crippen LogP contribution is -1.97. The van der Waals surface area contributed by atoms with Gasteiger partial charge < -0.3 is 10.2 Å². The van der Waals surface area contributed by atoms with Crippen LogP contribution in [0.25, 0.3) is 0 Å². The second kappa shape index (κ2) is 4.40. The van der Waals surface area contributed by atoms with Crippen molar-refractivity contribution in [1.29, 1.82) is 0 Å². The summed E-state index contributed by atoms with van der Waals surface area (Å²) < 4.78 is 12.8. The van der Waals surface area contributed by atoms with E-state index < -0.39 is 11.8 Å². The number of aliphatic hydroxyl groups is 1. The number of carbonyl (C=O) groups is 1. The fraction of sp³-hybridized carbons (Fsp3) is 0.100. The highest BCUT2D eigenvalue weighted by Crippen LogP contribution is 2.08. The molecule has 1 rings (SSSR count). The number of carboxylic acid groups (broad SMARTS) is 1. The van der Waals surface area contributed by atoms with Gasteiger partial charge in [-0.05, 0) is 18.2 Å². The Morgan fingerprint density at radius 3 is 2.71 bits per heavy atom.